The summed E-state index contributed by atoms with van der Waals surface area (Å²) in [5, 5.41) is 7.29. The van der Waals surface area contributed by atoms with Crippen LogP contribution in [0.25, 0.3) is 0 Å². The highest BCUT2D eigenvalue weighted by Crippen LogP contribution is 2.39. The second kappa shape index (κ2) is 7.41. The van der Waals surface area contributed by atoms with Crippen molar-refractivity contribution in [3.05, 3.63) is 73.0 Å². The number of thiophene rings is 2. The molecule has 1 amide bonds. The van der Waals surface area contributed by atoms with Gasteiger partial charge in [-0.3, -0.25) is 9.69 Å². The van der Waals surface area contributed by atoms with Crippen molar-refractivity contribution in [1.82, 2.24) is 4.90 Å². The van der Waals surface area contributed by atoms with Crippen LogP contribution in [0.2, 0.25) is 0 Å². The van der Waals surface area contributed by atoms with E-state index < -0.39 is 0 Å². The number of amides is 1. The monoisotopic (exact) mass is 432 g/mol. The van der Waals surface area contributed by atoms with Crippen molar-refractivity contribution in [2.24, 2.45) is 0 Å². The lowest BCUT2D eigenvalue weighted by Crippen LogP contribution is -2.40. The molecule has 0 saturated carbocycles. The van der Waals surface area contributed by atoms with E-state index in [0.717, 1.165) is 23.1 Å². The molecule has 0 unspecified atom stereocenters. The summed E-state index contributed by atoms with van der Waals surface area (Å²) in [7, 11) is 0. The predicted molar refractivity (Wildman–Crippen MR) is 109 cm³/mol. The number of nitrogens with zero attached hydrogens (tertiary/aromatic N) is 1. The molecule has 0 saturated heterocycles. The van der Waals surface area contributed by atoms with Crippen LogP contribution in [-0.4, -0.2) is 23.9 Å². The molecule has 1 aromatic carbocycles. The normalized spacial score (nSPS) is 17.2. The zero-order valence-corrected chi connectivity index (χ0v) is 16.7. The summed E-state index contributed by atoms with van der Waals surface area (Å²) in [6.07, 6.45) is 1.01. The fourth-order valence-electron chi connectivity index (χ4n) is 3.26. The molecule has 4 rings (SSSR count). The van der Waals surface area contributed by atoms with E-state index in [0.29, 0.717) is 6.54 Å². The van der Waals surface area contributed by atoms with Crippen molar-refractivity contribution < 1.29 is 4.79 Å². The van der Waals surface area contributed by atoms with Crippen LogP contribution in [0, 0.1) is 0 Å². The number of rotatable bonds is 4. The number of benzene rings is 1. The second-order valence-electron chi connectivity index (χ2n) is 5.97. The van der Waals surface area contributed by atoms with Crippen molar-refractivity contribution >= 4 is 50.2 Å². The lowest BCUT2D eigenvalue weighted by molar-refractivity contribution is -0.117. The Kier molecular flexibility index (Phi) is 5.03. The minimum atomic E-state index is 0.0205. The number of anilines is 1. The summed E-state index contributed by atoms with van der Waals surface area (Å²) in [4.78, 5) is 17.7. The van der Waals surface area contributed by atoms with Crippen LogP contribution in [0.4, 0.5) is 5.69 Å². The van der Waals surface area contributed by atoms with E-state index in [4.69, 9.17) is 0 Å². The molecule has 1 atom stereocenters. The summed E-state index contributed by atoms with van der Waals surface area (Å²) >= 11 is 7.06. The van der Waals surface area contributed by atoms with E-state index in [1.54, 1.807) is 11.3 Å². The molecule has 0 spiro atoms. The number of nitrogens with one attached hydrogen (secondary N) is 1. The number of halogens is 1. The zero-order chi connectivity index (χ0) is 17.2. The Morgan fingerprint density at radius 2 is 2.04 bits per heavy atom. The third-order valence-corrected chi connectivity index (χ3v) is 6.99. The molecule has 0 fully saturated rings. The lowest BCUT2D eigenvalue weighted by Gasteiger charge is -2.34. The Morgan fingerprint density at radius 3 is 2.84 bits per heavy atom. The van der Waals surface area contributed by atoms with Crippen molar-refractivity contribution in [1.29, 1.82) is 0 Å². The molecule has 1 aliphatic heterocycles. The van der Waals surface area contributed by atoms with Crippen molar-refractivity contribution in [3.8, 4) is 0 Å². The highest BCUT2D eigenvalue weighted by molar-refractivity contribution is 9.10. The van der Waals surface area contributed by atoms with Gasteiger partial charge in [0, 0.05) is 20.8 Å². The average Bonchev–Trinajstić information content (AvgIpc) is 3.28. The molecule has 3 nitrogen and oxygen atoms in total. The number of para-hydroxylation sites is 1. The van der Waals surface area contributed by atoms with Gasteiger partial charge in [-0.15, -0.1) is 22.7 Å². The van der Waals surface area contributed by atoms with Crippen LogP contribution in [0.5, 0.6) is 0 Å². The Balaban J connectivity index is 1.55. The summed E-state index contributed by atoms with van der Waals surface area (Å²) in [6.45, 7) is 1.29. The van der Waals surface area contributed by atoms with E-state index in [2.05, 4.69) is 55.1 Å². The Labute approximate surface area is 163 Å². The van der Waals surface area contributed by atoms with Gasteiger partial charge in [0.05, 0.1) is 18.3 Å². The molecule has 2 aromatic heterocycles. The molecular weight excluding hydrogens is 416 g/mol. The smallest absolute Gasteiger partial charge is 0.238 e. The molecule has 6 heteroatoms. The van der Waals surface area contributed by atoms with Crippen molar-refractivity contribution in [2.45, 2.75) is 12.5 Å². The van der Waals surface area contributed by atoms with Crippen LogP contribution in [-0.2, 0) is 11.2 Å². The maximum atomic E-state index is 12.6. The first-order valence-electron chi connectivity index (χ1n) is 8.10. The van der Waals surface area contributed by atoms with Crippen LogP contribution >= 0.6 is 38.6 Å². The first-order valence-corrected chi connectivity index (χ1v) is 10.7. The minimum absolute atomic E-state index is 0.0205. The van der Waals surface area contributed by atoms with E-state index in [1.165, 1.54) is 15.3 Å². The summed E-state index contributed by atoms with van der Waals surface area (Å²) < 4.78 is 0.900. The largest absolute Gasteiger partial charge is 0.324 e. The molecule has 0 radical (unpaired) electrons. The Hall–Kier alpha value is -1.47. The molecule has 128 valence electrons. The van der Waals surface area contributed by atoms with E-state index in [9.17, 15) is 4.79 Å². The third-order valence-electron chi connectivity index (χ3n) is 4.37. The third kappa shape index (κ3) is 3.58. The van der Waals surface area contributed by atoms with Crippen LogP contribution in [0.1, 0.15) is 21.4 Å². The van der Waals surface area contributed by atoms with E-state index in [1.807, 2.05) is 35.6 Å². The minimum Gasteiger partial charge on any atom is -0.324 e. The number of carbonyl (C=O) groups is 1. The molecule has 1 N–H and O–H groups in total. The second-order valence-corrected chi connectivity index (χ2v) is 8.80. The SMILES string of the molecule is O=C(CN1CCc2sccc2[C@@H]1c1cccs1)Nc1ccccc1Br. The first-order chi connectivity index (χ1) is 12.2. The first kappa shape index (κ1) is 17.0. The maximum Gasteiger partial charge on any atom is 0.238 e. The van der Waals surface area contributed by atoms with Gasteiger partial charge < -0.3 is 5.32 Å². The highest BCUT2D eigenvalue weighted by atomic mass is 79.9. The van der Waals surface area contributed by atoms with E-state index in [-0.39, 0.29) is 11.9 Å². The van der Waals surface area contributed by atoms with Gasteiger partial charge in [-0.25, -0.2) is 0 Å². The van der Waals surface area contributed by atoms with Gasteiger partial charge in [0.1, 0.15) is 0 Å². The van der Waals surface area contributed by atoms with Gasteiger partial charge >= 0.3 is 0 Å². The topological polar surface area (TPSA) is 32.3 Å². The van der Waals surface area contributed by atoms with Crippen LogP contribution in [0.3, 0.4) is 0 Å². The van der Waals surface area contributed by atoms with Gasteiger partial charge in [0.25, 0.3) is 0 Å². The molecule has 0 bridgehead atoms. The van der Waals surface area contributed by atoms with Gasteiger partial charge in [0.2, 0.25) is 5.91 Å². The average molecular weight is 433 g/mol. The quantitative estimate of drug-likeness (QED) is 0.617. The highest BCUT2D eigenvalue weighted by Gasteiger charge is 2.31. The van der Waals surface area contributed by atoms with E-state index >= 15 is 0 Å². The molecule has 25 heavy (non-hydrogen) atoms. The van der Waals surface area contributed by atoms with Crippen molar-refractivity contribution in [3.63, 3.8) is 0 Å². The molecule has 0 aliphatic carbocycles. The predicted octanol–water partition coefficient (Wildman–Crippen LogP) is 5.16. The summed E-state index contributed by atoms with van der Waals surface area (Å²) in [6, 6.07) is 14.3. The Bertz CT molecular complexity index is 875. The van der Waals surface area contributed by atoms with Gasteiger partial charge in [-0.2, -0.15) is 0 Å². The summed E-state index contributed by atoms with van der Waals surface area (Å²) in [5.74, 6) is 0.0205. The van der Waals surface area contributed by atoms with Crippen LogP contribution in [0.15, 0.2) is 57.7 Å². The molecule has 3 heterocycles. The van der Waals surface area contributed by atoms with Crippen molar-refractivity contribution in [2.75, 3.05) is 18.4 Å². The number of hydrogen-bond donors (Lipinski definition) is 1. The van der Waals surface area contributed by atoms with Gasteiger partial charge in [-0.1, -0.05) is 18.2 Å². The van der Waals surface area contributed by atoms with Gasteiger partial charge in [-0.05, 0) is 62.9 Å². The standard InChI is InChI=1S/C19H17BrN2OS2/c20-14-4-1-2-5-15(14)21-18(23)12-22-9-7-16-13(8-11-25-16)19(22)17-6-3-10-24-17/h1-6,8,10-11,19H,7,9,12H2,(H,21,23)/t19-/m1/s1. The maximum absolute atomic E-state index is 12.6. The lowest BCUT2D eigenvalue weighted by atomic mass is 9.98. The fraction of sp³-hybridized carbons (Fsp3) is 0.211. The van der Waals surface area contributed by atoms with Crippen LogP contribution < -0.4 is 5.32 Å². The fourth-order valence-corrected chi connectivity index (χ4v) is 5.42. The number of fused-ring (bicyclic) bond motifs is 1. The summed E-state index contributed by atoms with van der Waals surface area (Å²) in [5.41, 5.74) is 2.17. The molecule has 1 aliphatic rings. The Morgan fingerprint density at radius 1 is 1.16 bits per heavy atom. The number of carbonyl (C=O) groups excluding carboxylic acids is 1. The van der Waals surface area contributed by atoms with Gasteiger partial charge in [0.15, 0.2) is 0 Å². The molecular formula is C19H17BrN2OS2. The zero-order valence-electron chi connectivity index (χ0n) is 13.4. The molecule has 3 aromatic rings. The number of hydrogen-bond acceptors (Lipinski definition) is 4.